The van der Waals surface area contributed by atoms with E-state index in [1.807, 2.05) is 6.07 Å². The average Bonchev–Trinajstić information content (AvgIpc) is 3.10. The molecule has 3 aliphatic rings. The van der Waals surface area contributed by atoms with Crippen molar-refractivity contribution in [1.82, 2.24) is 9.88 Å². The number of Topliss-reactive ketones (excluding diaryl/α,β-unsaturated/α-hetero) is 1. The number of ether oxygens (including phenoxy) is 2. The van der Waals surface area contributed by atoms with Crippen LogP contribution < -0.4 is 9.47 Å². The molecule has 31 heavy (non-hydrogen) atoms. The van der Waals surface area contributed by atoms with Crippen molar-refractivity contribution in [2.75, 3.05) is 13.2 Å². The van der Waals surface area contributed by atoms with Gasteiger partial charge in [-0.1, -0.05) is 25.3 Å². The van der Waals surface area contributed by atoms with Gasteiger partial charge in [-0.25, -0.2) is 0 Å². The first-order chi connectivity index (χ1) is 15.1. The van der Waals surface area contributed by atoms with Gasteiger partial charge < -0.3 is 19.5 Å². The molecule has 1 N–H and O–H groups in total. The molecule has 0 bridgehead atoms. The second-order valence-corrected chi connectivity index (χ2v) is 8.14. The molecule has 1 unspecified atom stereocenters. The van der Waals surface area contributed by atoms with E-state index in [4.69, 9.17) is 9.47 Å². The van der Waals surface area contributed by atoms with Crippen LogP contribution in [0.1, 0.15) is 49.3 Å². The average molecular weight is 420 g/mol. The topological polar surface area (TPSA) is 89.0 Å². The molecule has 1 aromatic carbocycles. The summed E-state index contributed by atoms with van der Waals surface area (Å²) in [7, 11) is 0. The van der Waals surface area contributed by atoms with Crippen molar-refractivity contribution in [3.8, 4) is 11.5 Å². The number of aromatic nitrogens is 1. The molecule has 1 saturated carbocycles. The lowest BCUT2D eigenvalue weighted by atomic mass is 9.91. The predicted octanol–water partition coefficient (Wildman–Crippen LogP) is 3.61. The maximum Gasteiger partial charge on any atom is 0.295 e. The van der Waals surface area contributed by atoms with Gasteiger partial charge in [0, 0.05) is 24.0 Å². The summed E-state index contributed by atoms with van der Waals surface area (Å²) in [5.41, 5.74) is 1.23. The number of pyridine rings is 1. The van der Waals surface area contributed by atoms with Crippen molar-refractivity contribution in [1.29, 1.82) is 0 Å². The molecular formula is C24H24N2O5. The number of aliphatic hydroxyl groups is 1. The number of nitrogens with zero attached hydrogens (tertiary/aromatic N) is 2. The zero-order valence-electron chi connectivity index (χ0n) is 17.1. The van der Waals surface area contributed by atoms with Gasteiger partial charge in [-0.15, -0.1) is 0 Å². The number of amides is 1. The molecule has 2 aromatic rings. The van der Waals surface area contributed by atoms with Gasteiger partial charge in [0.05, 0.1) is 11.6 Å². The molecule has 3 heterocycles. The third-order valence-corrected chi connectivity index (χ3v) is 6.26. The Hall–Kier alpha value is -3.35. The van der Waals surface area contributed by atoms with E-state index in [0.717, 1.165) is 32.1 Å². The van der Waals surface area contributed by atoms with Gasteiger partial charge in [0.1, 0.15) is 19.0 Å². The summed E-state index contributed by atoms with van der Waals surface area (Å²) in [5.74, 6) is -0.321. The van der Waals surface area contributed by atoms with Crippen molar-refractivity contribution < 1.29 is 24.2 Å². The number of likely N-dealkylation sites (tertiary alicyclic amines) is 1. The zero-order valence-corrected chi connectivity index (χ0v) is 17.1. The smallest absolute Gasteiger partial charge is 0.295 e. The normalized spacial score (nSPS) is 23.2. The molecule has 5 rings (SSSR count). The summed E-state index contributed by atoms with van der Waals surface area (Å²) in [6, 6.07) is 7.97. The molecule has 1 saturated heterocycles. The van der Waals surface area contributed by atoms with Crippen LogP contribution in [-0.2, 0) is 9.59 Å². The molecule has 160 valence electrons. The molecule has 7 nitrogen and oxygen atoms in total. The molecular weight excluding hydrogens is 396 g/mol. The van der Waals surface area contributed by atoms with Crippen LogP contribution in [0.4, 0.5) is 0 Å². The second-order valence-electron chi connectivity index (χ2n) is 8.14. The number of hydrogen-bond acceptors (Lipinski definition) is 6. The number of aliphatic hydroxyl groups excluding tert-OH is 1. The van der Waals surface area contributed by atoms with Crippen molar-refractivity contribution in [2.24, 2.45) is 0 Å². The summed E-state index contributed by atoms with van der Waals surface area (Å²) < 4.78 is 11.2. The van der Waals surface area contributed by atoms with Crippen LogP contribution in [0.15, 0.2) is 48.3 Å². The molecule has 0 spiro atoms. The first-order valence-electron chi connectivity index (χ1n) is 10.7. The molecule has 0 radical (unpaired) electrons. The highest BCUT2D eigenvalue weighted by Crippen LogP contribution is 2.43. The summed E-state index contributed by atoms with van der Waals surface area (Å²) in [6.07, 6.45) is 8.20. The van der Waals surface area contributed by atoms with Gasteiger partial charge in [-0.2, -0.15) is 0 Å². The standard InChI is InChI=1S/C24H24N2O5/c27-22(15-8-9-18-19(13-15)31-12-11-30-18)20-21(16-5-4-10-25-14-16)26(24(29)23(20)28)17-6-2-1-3-7-17/h4-5,8-10,13-14,17,21,27H,1-3,6-7,11-12H2/b22-20-. The van der Waals surface area contributed by atoms with E-state index in [0.29, 0.717) is 35.8 Å². The molecule has 7 heteroatoms. The molecule has 2 fully saturated rings. The van der Waals surface area contributed by atoms with Crippen LogP contribution in [0.25, 0.3) is 5.76 Å². The number of ketones is 1. The van der Waals surface area contributed by atoms with Crippen molar-refractivity contribution in [3.05, 3.63) is 59.4 Å². The number of fused-ring (bicyclic) bond motifs is 1. The number of carbonyl (C=O) groups excluding carboxylic acids is 2. The minimum absolute atomic E-state index is 0.0269. The highest BCUT2D eigenvalue weighted by Gasteiger charge is 2.49. The van der Waals surface area contributed by atoms with Crippen LogP contribution in [-0.4, -0.2) is 45.9 Å². The number of rotatable bonds is 3. The SMILES string of the molecule is O=C1C(=O)N(C2CCCCC2)C(c2cccnc2)/C1=C(/O)c1ccc2c(c1)OCCO2. The fourth-order valence-electron chi connectivity index (χ4n) is 4.80. The van der Waals surface area contributed by atoms with E-state index >= 15 is 0 Å². The largest absolute Gasteiger partial charge is 0.507 e. The Bertz CT molecular complexity index is 1040. The van der Waals surface area contributed by atoms with Gasteiger partial charge in [-0.3, -0.25) is 14.6 Å². The Labute approximate surface area is 180 Å². The lowest BCUT2D eigenvalue weighted by Crippen LogP contribution is -2.40. The van der Waals surface area contributed by atoms with E-state index in [1.165, 1.54) is 0 Å². The zero-order chi connectivity index (χ0) is 21.4. The van der Waals surface area contributed by atoms with E-state index in [2.05, 4.69) is 4.98 Å². The predicted molar refractivity (Wildman–Crippen MR) is 113 cm³/mol. The van der Waals surface area contributed by atoms with Crippen LogP contribution in [0.3, 0.4) is 0 Å². The fourth-order valence-corrected chi connectivity index (χ4v) is 4.80. The van der Waals surface area contributed by atoms with Gasteiger partial charge in [-0.05, 0) is 42.7 Å². The van der Waals surface area contributed by atoms with Crippen LogP contribution >= 0.6 is 0 Å². The monoisotopic (exact) mass is 420 g/mol. The fraction of sp³-hybridized carbons (Fsp3) is 0.375. The molecule has 1 atom stereocenters. The molecule has 2 aliphatic heterocycles. The Balaban J connectivity index is 1.63. The first kappa shape index (κ1) is 19.6. The van der Waals surface area contributed by atoms with E-state index < -0.39 is 17.7 Å². The molecule has 1 amide bonds. The third-order valence-electron chi connectivity index (χ3n) is 6.26. The van der Waals surface area contributed by atoms with Crippen LogP contribution in [0.2, 0.25) is 0 Å². The lowest BCUT2D eigenvalue weighted by molar-refractivity contribution is -0.141. The van der Waals surface area contributed by atoms with Gasteiger partial charge in [0.15, 0.2) is 11.5 Å². The first-order valence-corrected chi connectivity index (χ1v) is 10.7. The van der Waals surface area contributed by atoms with Crippen molar-refractivity contribution >= 4 is 17.4 Å². The van der Waals surface area contributed by atoms with Crippen LogP contribution in [0, 0.1) is 0 Å². The Morgan fingerprint density at radius 1 is 1.03 bits per heavy atom. The van der Waals surface area contributed by atoms with Crippen molar-refractivity contribution in [3.63, 3.8) is 0 Å². The van der Waals surface area contributed by atoms with Gasteiger partial charge >= 0.3 is 0 Å². The summed E-state index contributed by atoms with van der Waals surface area (Å²) in [6.45, 7) is 0.880. The Morgan fingerprint density at radius 2 is 1.81 bits per heavy atom. The van der Waals surface area contributed by atoms with E-state index in [-0.39, 0.29) is 17.4 Å². The number of benzene rings is 1. The summed E-state index contributed by atoms with van der Waals surface area (Å²) >= 11 is 0. The maximum absolute atomic E-state index is 13.2. The third kappa shape index (κ3) is 3.44. The van der Waals surface area contributed by atoms with Gasteiger partial charge in [0.2, 0.25) is 0 Å². The summed E-state index contributed by atoms with van der Waals surface area (Å²) in [5, 5.41) is 11.2. The van der Waals surface area contributed by atoms with Crippen molar-refractivity contribution in [2.45, 2.75) is 44.2 Å². The van der Waals surface area contributed by atoms with E-state index in [1.54, 1.807) is 41.6 Å². The Kier molecular flexibility index (Phi) is 5.10. The number of hydrogen-bond donors (Lipinski definition) is 1. The highest BCUT2D eigenvalue weighted by atomic mass is 16.6. The van der Waals surface area contributed by atoms with E-state index in [9.17, 15) is 14.7 Å². The van der Waals surface area contributed by atoms with Gasteiger partial charge in [0.25, 0.3) is 11.7 Å². The molecule has 1 aromatic heterocycles. The number of carbonyl (C=O) groups is 2. The maximum atomic E-state index is 13.2. The summed E-state index contributed by atoms with van der Waals surface area (Å²) in [4.78, 5) is 32.2. The highest BCUT2D eigenvalue weighted by molar-refractivity contribution is 6.46. The minimum atomic E-state index is -0.662. The second kappa shape index (κ2) is 8.06. The minimum Gasteiger partial charge on any atom is -0.507 e. The Morgan fingerprint density at radius 3 is 2.55 bits per heavy atom. The van der Waals surface area contributed by atoms with Crippen LogP contribution in [0.5, 0.6) is 11.5 Å². The quantitative estimate of drug-likeness (QED) is 0.464. The lowest BCUT2D eigenvalue weighted by Gasteiger charge is -2.35. The molecule has 1 aliphatic carbocycles.